The lowest BCUT2D eigenvalue weighted by atomic mass is 10.3. The Balaban J connectivity index is 2.63. The minimum Gasteiger partial charge on any atom is -0.352 e. The molecule has 11 heavy (non-hydrogen) atoms. The Bertz CT molecular complexity index is 225. The molecule has 1 N–H and O–H groups in total. The Morgan fingerprint density at radius 2 is 2.18 bits per heavy atom. The number of rotatable bonds is 3. The van der Waals surface area contributed by atoms with Crippen LogP contribution in [-0.2, 0) is 13.5 Å². The van der Waals surface area contributed by atoms with Crippen LogP contribution in [0.15, 0.2) is 12.1 Å². The maximum absolute atomic E-state index is 3.14. The van der Waals surface area contributed by atoms with E-state index < -0.39 is 0 Å². The first kappa shape index (κ1) is 8.34. The monoisotopic (exact) mass is 152 g/mol. The van der Waals surface area contributed by atoms with Crippen molar-refractivity contribution in [2.75, 3.05) is 13.6 Å². The summed E-state index contributed by atoms with van der Waals surface area (Å²) in [5.41, 5.74) is 2.73. The van der Waals surface area contributed by atoms with E-state index in [0.29, 0.717) is 0 Å². The zero-order chi connectivity index (χ0) is 8.27. The van der Waals surface area contributed by atoms with Gasteiger partial charge in [0.15, 0.2) is 0 Å². The molecule has 0 aromatic carbocycles. The van der Waals surface area contributed by atoms with E-state index >= 15 is 0 Å². The van der Waals surface area contributed by atoms with Gasteiger partial charge in [-0.25, -0.2) is 0 Å². The summed E-state index contributed by atoms with van der Waals surface area (Å²) >= 11 is 0. The molecule has 0 atom stereocenters. The molecule has 0 saturated carbocycles. The molecule has 2 nitrogen and oxygen atoms in total. The molecule has 0 radical (unpaired) electrons. The van der Waals surface area contributed by atoms with Gasteiger partial charge in [0.2, 0.25) is 0 Å². The van der Waals surface area contributed by atoms with Crippen LogP contribution in [0.5, 0.6) is 0 Å². The van der Waals surface area contributed by atoms with E-state index in [4.69, 9.17) is 0 Å². The number of aromatic nitrogens is 1. The van der Waals surface area contributed by atoms with Gasteiger partial charge in [-0.15, -0.1) is 0 Å². The topological polar surface area (TPSA) is 17.0 Å². The van der Waals surface area contributed by atoms with E-state index in [0.717, 1.165) is 13.0 Å². The van der Waals surface area contributed by atoms with Gasteiger partial charge in [0.05, 0.1) is 0 Å². The lowest BCUT2D eigenvalue weighted by Crippen LogP contribution is -2.12. The Labute approximate surface area is 68.2 Å². The second-order valence-corrected chi connectivity index (χ2v) is 2.88. The second-order valence-electron chi connectivity index (χ2n) is 2.88. The van der Waals surface area contributed by atoms with E-state index in [-0.39, 0.29) is 0 Å². The predicted octanol–water partition coefficient (Wildman–Crippen LogP) is 1.10. The molecule has 0 aliphatic rings. The zero-order valence-electron chi connectivity index (χ0n) is 7.52. The van der Waals surface area contributed by atoms with Gasteiger partial charge in [-0.3, -0.25) is 0 Å². The van der Waals surface area contributed by atoms with Crippen LogP contribution in [0, 0.1) is 6.92 Å². The first-order chi connectivity index (χ1) is 5.25. The fourth-order valence-electron chi connectivity index (χ4n) is 1.17. The standard InChI is InChI=1S/C9H16N2/c1-8-4-5-9(11(8)3)6-7-10-2/h4-5,10H,6-7H2,1-3H3. The Morgan fingerprint density at radius 1 is 1.45 bits per heavy atom. The summed E-state index contributed by atoms with van der Waals surface area (Å²) < 4.78 is 2.23. The first-order valence-electron chi connectivity index (χ1n) is 4.01. The number of aryl methyl sites for hydroxylation is 1. The van der Waals surface area contributed by atoms with Crippen LogP contribution >= 0.6 is 0 Å². The van der Waals surface area contributed by atoms with Crippen LogP contribution in [0.25, 0.3) is 0 Å². The lowest BCUT2D eigenvalue weighted by Gasteiger charge is -2.03. The van der Waals surface area contributed by atoms with Crippen LogP contribution in [0.4, 0.5) is 0 Å². The molecule has 0 spiro atoms. The van der Waals surface area contributed by atoms with Crippen molar-refractivity contribution in [1.29, 1.82) is 0 Å². The van der Waals surface area contributed by atoms with E-state index in [9.17, 15) is 0 Å². The molecular weight excluding hydrogens is 136 g/mol. The average Bonchev–Trinajstić information content (AvgIpc) is 2.31. The number of hydrogen-bond donors (Lipinski definition) is 1. The molecule has 0 bridgehead atoms. The molecule has 0 unspecified atom stereocenters. The summed E-state index contributed by atoms with van der Waals surface area (Å²) in [6.45, 7) is 3.18. The molecule has 1 aromatic rings. The molecule has 0 saturated heterocycles. The third-order valence-corrected chi connectivity index (χ3v) is 2.11. The highest BCUT2D eigenvalue weighted by atomic mass is 15.0. The third kappa shape index (κ3) is 1.84. The molecule has 62 valence electrons. The van der Waals surface area contributed by atoms with E-state index in [1.54, 1.807) is 0 Å². The van der Waals surface area contributed by atoms with Crippen molar-refractivity contribution >= 4 is 0 Å². The number of hydrogen-bond acceptors (Lipinski definition) is 1. The van der Waals surface area contributed by atoms with E-state index in [1.807, 2.05) is 7.05 Å². The summed E-state index contributed by atoms with van der Waals surface area (Å²) in [4.78, 5) is 0. The normalized spacial score (nSPS) is 10.5. The van der Waals surface area contributed by atoms with E-state index in [1.165, 1.54) is 11.4 Å². The smallest absolute Gasteiger partial charge is 0.0187 e. The number of likely N-dealkylation sites (N-methyl/N-ethyl adjacent to an activating group) is 1. The van der Waals surface area contributed by atoms with Crippen LogP contribution < -0.4 is 5.32 Å². The second kappa shape index (κ2) is 3.58. The fourth-order valence-corrected chi connectivity index (χ4v) is 1.17. The van der Waals surface area contributed by atoms with Crippen molar-refractivity contribution in [3.63, 3.8) is 0 Å². The van der Waals surface area contributed by atoms with Crippen molar-refractivity contribution in [2.45, 2.75) is 13.3 Å². The van der Waals surface area contributed by atoms with Gasteiger partial charge in [0.1, 0.15) is 0 Å². The molecule has 0 aliphatic heterocycles. The predicted molar refractivity (Wildman–Crippen MR) is 47.8 cm³/mol. The summed E-state index contributed by atoms with van der Waals surface area (Å²) in [7, 11) is 4.09. The van der Waals surface area contributed by atoms with Crippen molar-refractivity contribution in [1.82, 2.24) is 9.88 Å². The number of nitrogens with one attached hydrogen (secondary N) is 1. The van der Waals surface area contributed by atoms with Gasteiger partial charge in [-0.05, 0) is 26.1 Å². The SMILES string of the molecule is CNCCc1ccc(C)n1C. The highest BCUT2D eigenvalue weighted by Crippen LogP contribution is 2.05. The molecule has 1 rings (SSSR count). The average molecular weight is 152 g/mol. The Kier molecular flexibility index (Phi) is 2.71. The highest BCUT2D eigenvalue weighted by Gasteiger charge is 1.98. The van der Waals surface area contributed by atoms with Gasteiger partial charge in [-0.2, -0.15) is 0 Å². The van der Waals surface area contributed by atoms with Gasteiger partial charge in [0.25, 0.3) is 0 Å². The maximum Gasteiger partial charge on any atom is 0.0187 e. The summed E-state index contributed by atoms with van der Waals surface area (Å²) in [5.74, 6) is 0. The molecule has 0 fully saturated rings. The quantitative estimate of drug-likeness (QED) is 0.686. The lowest BCUT2D eigenvalue weighted by molar-refractivity contribution is 0.728. The largest absolute Gasteiger partial charge is 0.352 e. The maximum atomic E-state index is 3.14. The molecule has 2 heteroatoms. The molecule has 0 aliphatic carbocycles. The van der Waals surface area contributed by atoms with Gasteiger partial charge in [0, 0.05) is 31.4 Å². The third-order valence-electron chi connectivity index (χ3n) is 2.11. The molecular formula is C9H16N2. The minimum atomic E-state index is 1.05. The summed E-state index contributed by atoms with van der Waals surface area (Å²) in [6.07, 6.45) is 1.11. The van der Waals surface area contributed by atoms with Crippen LogP contribution in [0.2, 0.25) is 0 Å². The minimum absolute atomic E-state index is 1.05. The molecule has 1 heterocycles. The first-order valence-corrected chi connectivity index (χ1v) is 4.01. The van der Waals surface area contributed by atoms with Crippen molar-refractivity contribution in [2.24, 2.45) is 7.05 Å². The van der Waals surface area contributed by atoms with Crippen molar-refractivity contribution in [3.8, 4) is 0 Å². The summed E-state index contributed by atoms with van der Waals surface area (Å²) in [6, 6.07) is 4.34. The van der Waals surface area contributed by atoms with Crippen molar-refractivity contribution < 1.29 is 0 Å². The summed E-state index contributed by atoms with van der Waals surface area (Å²) in [5, 5.41) is 3.14. The molecule has 0 amide bonds. The van der Waals surface area contributed by atoms with Crippen LogP contribution in [0.1, 0.15) is 11.4 Å². The van der Waals surface area contributed by atoms with Crippen molar-refractivity contribution in [3.05, 3.63) is 23.5 Å². The highest BCUT2D eigenvalue weighted by molar-refractivity contribution is 5.14. The van der Waals surface area contributed by atoms with Gasteiger partial charge >= 0.3 is 0 Å². The Morgan fingerprint density at radius 3 is 2.64 bits per heavy atom. The van der Waals surface area contributed by atoms with Crippen LogP contribution in [-0.4, -0.2) is 18.2 Å². The fraction of sp³-hybridized carbons (Fsp3) is 0.556. The van der Waals surface area contributed by atoms with Crippen LogP contribution in [0.3, 0.4) is 0 Å². The molecule has 1 aromatic heterocycles. The van der Waals surface area contributed by atoms with E-state index in [2.05, 4.69) is 36.0 Å². The number of nitrogens with zero attached hydrogens (tertiary/aromatic N) is 1. The Hall–Kier alpha value is -0.760. The van der Waals surface area contributed by atoms with Gasteiger partial charge < -0.3 is 9.88 Å². The van der Waals surface area contributed by atoms with Gasteiger partial charge in [-0.1, -0.05) is 0 Å². The zero-order valence-corrected chi connectivity index (χ0v) is 7.52.